The van der Waals surface area contributed by atoms with Crippen molar-refractivity contribution in [3.05, 3.63) is 60.0 Å². The molecule has 1 aliphatic heterocycles. The standard InChI is InChI=1S/C17H10N4O/c1-2-4-14-10(3-1)7-11-15(22-14)6-5-12-16(11)21-17-13(20-12)8-18-9-19-17/h1-6,8-9H,7H2. The van der Waals surface area contributed by atoms with Crippen molar-refractivity contribution in [3.8, 4) is 11.5 Å². The molecule has 3 heterocycles. The van der Waals surface area contributed by atoms with Gasteiger partial charge in [0.2, 0.25) is 0 Å². The molecule has 0 unspecified atom stereocenters. The highest BCUT2D eigenvalue weighted by atomic mass is 16.5. The van der Waals surface area contributed by atoms with E-state index in [9.17, 15) is 0 Å². The monoisotopic (exact) mass is 286 g/mol. The predicted octanol–water partition coefficient (Wildman–Crippen LogP) is 3.27. The highest BCUT2D eigenvalue weighted by Gasteiger charge is 2.20. The average molecular weight is 286 g/mol. The molecule has 2 aromatic carbocycles. The van der Waals surface area contributed by atoms with Crippen LogP contribution < -0.4 is 4.74 Å². The van der Waals surface area contributed by atoms with Crippen LogP contribution in [0.5, 0.6) is 11.5 Å². The molecule has 0 atom stereocenters. The van der Waals surface area contributed by atoms with Gasteiger partial charge in [0.25, 0.3) is 0 Å². The van der Waals surface area contributed by atoms with Gasteiger partial charge in [-0.05, 0) is 23.8 Å². The number of para-hydroxylation sites is 1. The van der Waals surface area contributed by atoms with Crippen LogP contribution in [0.3, 0.4) is 0 Å². The van der Waals surface area contributed by atoms with Crippen molar-refractivity contribution >= 4 is 22.2 Å². The molecule has 0 aliphatic carbocycles. The lowest BCUT2D eigenvalue weighted by Gasteiger charge is -2.20. The van der Waals surface area contributed by atoms with E-state index in [4.69, 9.17) is 4.74 Å². The fourth-order valence-electron chi connectivity index (χ4n) is 2.86. The maximum absolute atomic E-state index is 6.00. The Bertz CT molecular complexity index is 1050. The summed E-state index contributed by atoms with van der Waals surface area (Å²) in [6.07, 6.45) is 3.96. The first kappa shape index (κ1) is 11.6. The van der Waals surface area contributed by atoms with Gasteiger partial charge >= 0.3 is 0 Å². The Kier molecular flexibility index (Phi) is 2.21. The molecule has 0 N–H and O–H groups in total. The van der Waals surface area contributed by atoms with Crippen molar-refractivity contribution in [2.45, 2.75) is 6.42 Å². The Morgan fingerprint density at radius 2 is 1.86 bits per heavy atom. The third kappa shape index (κ3) is 1.59. The summed E-state index contributed by atoms with van der Waals surface area (Å²) >= 11 is 0. The van der Waals surface area contributed by atoms with Crippen molar-refractivity contribution in [2.24, 2.45) is 0 Å². The van der Waals surface area contributed by atoms with Gasteiger partial charge in [0.15, 0.2) is 5.65 Å². The molecule has 0 fully saturated rings. The van der Waals surface area contributed by atoms with Crippen molar-refractivity contribution in [1.82, 2.24) is 19.9 Å². The van der Waals surface area contributed by atoms with Gasteiger partial charge in [0.1, 0.15) is 23.3 Å². The minimum atomic E-state index is 0.606. The number of fused-ring (bicyclic) bond motifs is 5. The van der Waals surface area contributed by atoms with E-state index >= 15 is 0 Å². The zero-order valence-corrected chi connectivity index (χ0v) is 11.5. The van der Waals surface area contributed by atoms with Crippen LogP contribution in [0.1, 0.15) is 11.1 Å². The summed E-state index contributed by atoms with van der Waals surface area (Å²) in [5.74, 6) is 1.75. The minimum Gasteiger partial charge on any atom is -0.457 e. The normalized spacial score (nSPS) is 12.7. The van der Waals surface area contributed by atoms with Crippen LogP contribution in [0.25, 0.3) is 22.2 Å². The van der Waals surface area contributed by atoms with Crippen LogP contribution in [-0.4, -0.2) is 19.9 Å². The number of hydrogen-bond donors (Lipinski definition) is 0. The first-order chi connectivity index (χ1) is 10.9. The highest BCUT2D eigenvalue weighted by molar-refractivity contribution is 5.88. The maximum Gasteiger partial charge on any atom is 0.181 e. The molecule has 0 saturated heterocycles. The maximum atomic E-state index is 6.00. The smallest absolute Gasteiger partial charge is 0.181 e. The SMILES string of the molecule is c1ccc2c(c1)Cc1c(ccc3nc4cncnc4nc13)O2. The lowest BCUT2D eigenvalue weighted by atomic mass is 9.99. The lowest BCUT2D eigenvalue weighted by Crippen LogP contribution is -2.05. The topological polar surface area (TPSA) is 60.8 Å². The molecule has 22 heavy (non-hydrogen) atoms. The van der Waals surface area contributed by atoms with Crippen LogP contribution in [0.2, 0.25) is 0 Å². The van der Waals surface area contributed by atoms with E-state index < -0.39 is 0 Å². The first-order valence-corrected chi connectivity index (χ1v) is 7.03. The Hall–Kier alpha value is -3.08. The summed E-state index contributed by atoms with van der Waals surface area (Å²) in [5, 5.41) is 0. The fraction of sp³-hybridized carbons (Fsp3) is 0.0588. The van der Waals surface area contributed by atoms with Gasteiger partial charge in [0.05, 0.1) is 17.2 Å². The van der Waals surface area contributed by atoms with E-state index in [0.717, 1.165) is 40.1 Å². The van der Waals surface area contributed by atoms with Crippen LogP contribution in [0.4, 0.5) is 0 Å². The van der Waals surface area contributed by atoms with E-state index in [1.165, 1.54) is 6.33 Å². The molecule has 5 nitrogen and oxygen atoms in total. The summed E-state index contributed by atoms with van der Waals surface area (Å²) in [7, 11) is 0. The van der Waals surface area contributed by atoms with Crippen molar-refractivity contribution in [3.63, 3.8) is 0 Å². The van der Waals surface area contributed by atoms with Crippen LogP contribution in [0, 0.1) is 0 Å². The Balaban J connectivity index is 1.81. The number of rotatable bonds is 0. The third-order valence-corrected chi connectivity index (χ3v) is 3.91. The van der Waals surface area contributed by atoms with Gasteiger partial charge in [-0.15, -0.1) is 0 Å². The fourth-order valence-corrected chi connectivity index (χ4v) is 2.86. The third-order valence-electron chi connectivity index (χ3n) is 3.91. The van der Waals surface area contributed by atoms with E-state index in [-0.39, 0.29) is 0 Å². The quantitative estimate of drug-likeness (QED) is 0.409. The van der Waals surface area contributed by atoms with Crippen molar-refractivity contribution in [1.29, 1.82) is 0 Å². The summed E-state index contributed by atoms with van der Waals surface area (Å²) in [6, 6.07) is 12.0. The minimum absolute atomic E-state index is 0.606. The number of benzene rings is 2. The van der Waals surface area contributed by atoms with Gasteiger partial charge in [-0.3, -0.25) is 0 Å². The van der Waals surface area contributed by atoms with E-state index in [2.05, 4.69) is 26.0 Å². The molecule has 5 heteroatoms. The highest BCUT2D eigenvalue weighted by Crippen LogP contribution is 2.39. The zero-order valence-electron chi connectivity index (χ0n) is 11.5. The van der Waals surface area contributed by atoms with Crippen LogP contribution in [-0.2, 0) is 6.42 Å². The summed E-state index contributed by atoms with van der Waals surface area (Å²) < 4.78 is 6.00. The van der Waals surface area contributed by atoms with Crippen LogP contribution in [0.15, 0.2) is 48.9 Å². The van der Waals surface area contributed by atoms with Crippen molar-refractivity contribution in [2.75, 3.05) is 0 Å². The number of hydrogen-bond acceptors (Lipinski definition) is 5. The summed E-state index contributed by atoms with van der Waals surface area (Å²) in [4.78, 5) is 17.5. The first-order valence-electron chi connectivity index (χ1n) is 7.03. The second-order valence-corrected chi connectivity index (χ2v) is 5.25. The molecule has 0 amide bonds. The number of aromatic nitrogens is 4. The van der Waals surface area contributed by atoms with Gasteiger partial charge in [0, 0.05) is 12.0 Å². The Labute approximate surface area is 125 Å². The van der Waals surface area contributed by atoms with Crippen LogP contribution >= 0.6 is 0 Å². The molecule has 0 spiro atoms. The summed E-state index contributed by atoms with van der Waals surface area (Å²) in [5.41, 5.74) is 5.21. The largest absolute Gasteiger partial charge is 0.457 e. The Morgan fingerprint density at radius 1 is 0.909 bits per heavy atom. The molecule has 0 bridgehead atoms. The molecular weight excluding hydrogens is 276 g/mol. The number of nitrogens with zero attached hydrogens (tertiary/aromatic N) is 4. The van der Waals surface area contributed by atoms with Gasteiger partial charge < -0.3 is 4.74 Å². The van der Waals surface area contributed by atoms with Gasteiger partial charge in [-0.25, -0.2) is 19.9 Å². The Morgan fingerprint density at radius 3 is 2.86 bits per heavy atom. The number of ether oxygens (including phenoxy) is 1. The molecule has 104 valence electrons. The van der Waals surface area contributed by atoms with Gasteiger partial charge in [-0.1, -0.05) is 18.2 Å². The van der Waals surface area contributed by atoms with E-state index in [1.807, 2.05) is 30.3 Å². The molecule has 1 aliphatic rings. The average Bonchev–Trinajstić information content (AvgIpc) is 2.58. The molecule has 5 rings (SSSR count). The van der Waals surface area contributed by atoms with E-state index in [1.54, 1.807) is 6.20 Å². The molecule has 2 aromatic heterocycles. The van der Waals surface area contributed by atoms with Crippen molar-refractivity contribution < 1.29 is 4.74 Å². The predicted molar refractivity (Wildman–Crippen MR) is 82.0 cm³/mol. The molecular formula is C17H10N4O. The van der Waals surface area contributed by atoms with Gasteiger partial charge in [-0.2, -0.15) is 0 Å². The molecule has 4 aromatic rings. The lowest BCUT2D eigenvalue weighted by molar-refractivity contribution is 0.461. The van der Waals surface area contributed by atoms with E-state index in [0.29, 0.717) is 11.2 Å². The second kappa shape index (κ2) is 4.21. The zero-order chi connectivity index (χ0) is 14.5. The molecule has 0 saturated carbocycles. The summed E-state index contributed by atoms with van der Waals surface area (Å²) in [6.45, 7) is 0. The molecule has 0 radical (unpaired) electrons. The second-order valence-electron chi connectivity index (χ2n) is 5.25.